The van der Waals surface area contributed by atoms with E-state index in [-0.39, 0.29) is 17.9 Å². The first-order valence-electron chi connectivity index (χ1n) is 21.2. The summed E-state index contributed by atoms with van der Waals surface area (Å²) in [4.78, 5) is 0. The molecule has 3 aromatic heterocycles. The van der Waals surface area contributed by atoms with E-state index >= 15 is 0 Å². The molecule has 0 saturated heterocycles. The minimum atomic E-state index is -1.82. The van der Waals surface area contributed by atoms with Gasteiger partial charge in [-0.15, -0.1) is 0 Å². The second-order valence-corrected chi connectivity index (χ2v) is 22.8. The second-order valence-electron chi connectivity index (χ2n) is 17.8. The fourth-order valence-corrected chi connectivity index (χ4v) is 12.2. The standard InChI is InChI=1S/C54H49N3OSi/c1-35-32-48-42(40-22-12-13-23-41(40)49-33-45(36(2)37-18-8-6-9-19-37)51(34-55(48)49)59(3,4)5)30-28-38-29-31-44-43-24-14-17-27-50(43)58-53(44)52(38)54-56(35)46-25-15-16-26-47(46)57(54)39-20-10-7-11-21-39/h6-27,29,31,33-34,36,42,48H,1,28,30,32H2,2-5H3/q+2. The molecule has 288 valence electrons. The third kappa shape index (κ3) is 5.62. The normalized spacial score (nSPS) is 16.9. The molecule has 3 unspecified atom stereocenters. The quantitative estimate of drug-likeness (QED) is 0.129. The van der Waals surface area contributed by atoms with E-state index in [1.165, 1.54) is 38.7 Å². The molecule has 2 aliphatic rings. The average molecular weight is 784 g/mol. The zero-order chi connectivity index (χ0) is 40.0. The highest BCUT2D eigenvalue weighted by atomic mass is 28.3. The summed E-state index contributed by atoms with van der Waals surface area (Å²) in [5, 5.41) is 3.82. The summed E-state index contributed by atoms with van der Waals surface area (Å²) in [5.74, 6) is 1.65. The number of nitrogens with zero attached hydrogens (tertiary/aromatic N) is 3. The van der Waals surface area contributed by atoms with Gasteiger partial charge in [-0.3, -0.25) is 0 Å². The van der Waals surface area contributed by atoms with Crippen LogP contribution in [0.1, 0.15) is 59.9 Å². The van der Waals surface area contributed by atoms with Crippen LogP contribution < -0.4 is 14.3 Å². The Hall–Kier alpha value is -6.30. The lowest BCUT2D eigenvalue weighted by molar-refractivity contribution is -0.719. The van der Waals surface area contributed by atoms with Crippen molar-refractivity contribution in [3.63, 3.8) is 0 Å². The van der Waals surface area contributed by atoms with Crippen LogP contribution in [0, 0.1) is 0 Å². The molecule has 0 bridgehead atoms. The fourth-order valence-electron chi connectivity index (χ4n) is 10.5. The Morgan fingerprint density at radius 3 is 2.29 bits per heavy atom. The number of rotatable bonds is 4. The predicted octanol–water partition coefficient (Wildman–Crippen LogP) is 12.3. The van der Waals surface area contributed by atoms with Gasteiger partial charge in [0.1, 0.15) is 22.5 Å². The van der Waals surface area contributed by atoms with Crippen molar-refractivity contribution >= 4 is 51.9 Å². The SMILES string of the molecule is C=C1CC2C(CCc3ccc4c(oc5ccccc54)c3-c3n(-c4ccccc4)c4ccccc4[n+]31)c1ccccc1-c1cc(C(C)c3ccccc3)c([Si](C)(C)C)c[n+]12. The minimum Gasteiger partial charge on any atom is -0.455 e. The van der Waals surface area contributed by atoms with Crippen LogP contribution in [0.2, 0.25) is 19.6 Å². The van der Waals surface area contributed by atoms with Gasteiger partial charge in [-0.2, -0.15) is 13.7 Å². The van der Waals surface area contributed by atoms with Gasteiger partial charge in [0, 0.05) is 39.4 Å². The van der Waals surface area contributed by atoms with Crippen LogP contribution in [-0.2, 0) is 6.42 Å². The van der Waals surface area contributed by atoms with Crippen LogP contribution in [-0.4, -0.2) is 12.6 Å². The van der Waals surface area contributed by atoms with E-state index in [1.807, 2.05) is 0 Å². The Balaban J connectivity index is 1.19. The first-order chi connectivity index (χ1) is 28.8. The van der Waals surface area contributed by atoms with Gasteiger partial charge in [-0.1, -0.05) is 142 Å². The highest BCUT2D eigenvalue weighted by Crippen LogP contribution is 2.47. The van der Waals surface area contributed by atoms with Gasteiger partial charge in [0.25, 0.3) is 0 Å². The molecule has 5 heteroatoms. The van der Waals surface area contributed by atoms with E-state index in [1.54, 1.807) is 0 Å². The lowest BCUT2D eigenvalue weighted by Crippen LogP contribution is -2.54. The number of imidazole rings is 1. The maximum absolute atomic E-state index is 6.96. The lowest BCUT2D eigenvalue weighted by atomic mass is 9.77. The van der Waals surface area contributed by atoms with Crippen molar-refractivity contribution in [3.8, 4) is 28.3 Å². The molecule has 0 radical (unpaired) electrons. The summed E-state index contributed by atoms with van der Waals surface area (Å²) in [6.07, 6.45) is 5.28. The van der Waals surface area contributed by atoms with Gasteiger partial charge in [0.2, 0.25) is 5.69 Å². The molecule has 6 aromatic carbocycles. The molecule has 0 fully saturated rings. The van der Waals surface area contributed by atoms with Crippen molar-refractivity contribution in [2.45, 2.75) is 63.7 Å². The third-order valence-corrected chi connectivity index (χ3v) is 15.4. The van der Waals surface area contributed by atoms with Crippen LogP contribution in [0.25, 0.3) is 67.0 Å². The largest absolute Gasteiger partial charge is 0.455 e. The number of hydrogen-bond acceptors (Lipinski definition) is 1. The number of benzene rings is 6. The van der Waals surface area contributed by atoms with E-state index in [4.69, 9.17) is 11.0 Å². The molecule has 11 rings (SSSR count). The number of fused-ring (bicyclic) bond motifs is 15. The Morgan fingerprint density at radius 1 is 0.763 bits per heavy atom. The molecule has 9 aromatic rings. The molecule has 59 heavy (non-hydrogen) atoms. The molecule has 4 nitrogen and oxygen atoms in total. The molecule has 5 heterocycles. The highest BCUT2D eigenvalue weighted by Gasteiger charge is 2.45. The number of pyridine rings is 1. The summed E-state index contributed by atoms with van der Waals surface area (Å²) >= 11 is 0. The zero-order valence-electron chi connectivity index (χ0n) is 34.3. The summed E-state index contributed by atoms with van der Waals surface area (Å²) in [6, 6.07) is 55.8. The lowest BCUT2D eigenvalue weighted by Gasteiger charge is -2.34. The van der Waals surface area contributed by atoms with E-state index in [0.717, 1.165) is 75.0 Å². The Morgan fingerprint density at radius 2 is 1.47 bits per heavy atom. The first-order valence-corrected chi connectivity index (χ1v) is 24.7. The predicted molar refractivity (Wildman–Crippen MR) is 245 cm³/mol. The minimum absolute atomic E-state index is 0.166. The van der Waals surface area contributed by atoms with E-state index < -0.39 is 8.07 Å². The van der Waals surface area contributed by atoms with Crippen LogP contribution in [0.15, 0.2) is 169 Å². The van der Waals surface area contributed by atoms with Crippen molar-refractivity contribution in [1.29, 1.82) is 0 Å². The summed E-state index contributed by atoms with van der Waals surface area (Å²) < 4.78 is 14.6. The second kappa shape index (κ2) is 13.6. The molecule has 0 aliphatic carbocycles. The summed E-state index contributed by atoms with van der Waals surface area (Å²) in [6.45, 7) is 15.0. The van der Waals surface area contributed by atoms with Gasteiger partial charge in [0.05, 0.1) is 14.5 Å². The van der Waals surface area contributed by atoms with E-state index in [0.29, 0.717) is 0 Å². The van der Waals surface area contributed by atoms with Gasteiger partial charge >= 0.3 is 5.82 Å². The number of para-hydroxylation sites is 4. The van der Waals surface area contributed by atoms with Gasteiger partial charge < -0.3 is 4.42 Å². The van der Waals surface area contributed by atoms with Crippen molar-refractivity contribution in [1.82, 2.24) is 4.57 Å². The Kier molecular flexibility index (Phi) is 8.28. The van der Waals surface area contributed by atoms with Crippen LogP contribution >= 0.6 is 0 Å². The van der Waals surface area contributed by atoms with Gasteiger partial charge in [-0.25, -0.2) is 0 Å². The molecular weight excluding hydrogens is 735 g/mol. The van der Waals surface area contributed by atoms with Crippen molar-refractivity contribution < 1.29 is 13.6 Å². The Labute approximate surface area is 347 Å². The van der Waals surface area contributed by atoms with Crippen LogP contribution in [0.5, 0.6) is 0 Å². The fraction of sp³-hybridized carbons (Fsp3) is 0.185. The Bertz CT molecular complexity index is 3110. The smallest absolute Gasteiger partial charge is 0.304 e. The van der Waals surface area contributed by atoms with E-state index in [9.17, 15) is 0 Å². The topological polar surface area (TPSA) is 25.8 Å². The molecule has 3 atom stereocenters. The molecule has 0 N–H and O–H groups in total. The number of aromatic nitrogens is 3. The molecule has 0 amide bonds. The number of hydrogen-bond donors (Lipinski definition) is 0. The number of allylic oxidation sites excluding steroid dienone is 1. The van der Waals surface area contributed by atoms with Crippen LogP contribution in [0.3, 0.4) is 0 Å². The highest BCUT2D eigenvalue weighted by molar-refractivity contribution is 6.89. The maximum Gasteiger partial charge on any atom is 0.304 e. The zero-order valence-corrected chi connectivity index (χ0v) is 35.3. The summed E-state index contributed by atoms with van der Waals surface area (Å²) in [7, 11) is -1.82. The van der Waals surface area contributed by atoms with Gasteiger partial charge in [-0.05, 0) is 71.5 Å². The molecule has 2 aliphatic heterocycles. The molecular formula is C54H49N3OSi+2. The summed E-state index contributed by atoms with van der Waals surface area (Å²) in [5.41, 5.74) is 15.7. The van der Waals surface area contributed by atoms with Crippen molar-refractivity contribution in [3.05, 3.63) is 187 Å². The number of aryl methyl sites for hydroxylation is 1. The van der Waals surface area contributed by atoms with Crippen molar-refractivity contribution in [2.24, 2.45) is 0 Å². The number of furan rings is 1. The average Bonchev–Trinajstić information content (AvgIpc) is 3.81. The van der Waals surface area contributed by atoms with Gasteiger partial charge in [0.15, 0.2) is 28.9 Å². The third-order valence-electron chi connectivity index (χ3n) is 13.3. The molecule has 0 spiro atoms. The first kappa shape index (κ1) is 35.8. The maximum atomic E-state index is 6.96. The van der Waals surface area contributed by atoms with Crippen molar-refractivity contribution in [2.75, 3.05) is 0 Å². The molecule has 0 saturated carbocycles. The monoisotopic (exact) mass is 783 g/mol. The van der Waals surface area contributed by atoms with Crippen LogP contribution in [0.4, 0.5) is 0 Å². The van der Waals surface area contributed by atoms with E-state index in [2.05, 4.69) is 198 Å².